The number of benzene rings is 3. The molecule has 0 unspecified atom stereocenters. The van der Waals surface area contributed by atoms with E-state index in [2.05, 4.69) is 54.8 Å². The normalized spacial score (nSPS) is 12.1. The van der Waals surface area contributed by atoms with Gasteiger partial charge in [-0.3, -0.25) is 19.9 Å². The largest absolute Gasteiger partial charge is 0.480 e. The molecule has 0 bridgehead atoms. The molecule has 2 heterocycles. The van der Waals surface area contributed by atoms with Gasteiger partial charge in [0.1, 0.15) is 6.04 Å². The summed E-state index contributed by atoms with van der Waals surface area (Å²) < 4.78 is 0. The highest BCUT2D eigenvalue weighted by molar-refractivity contribution is 6.31. The van der Waals surface area contributed by atoms with Crippen molar-refractivity contribution in [1.29, 1.82) is 0 Å². The van der Waals surface area contributed by atoms with Gasteiger partial charge in [-0.05, 0) is 59.6 Å². The van der Waals surface area contributed by atoms with Crippen LogP contribution in [0.25, 0.3) is 22.0 Å². The summed E-state index contributed by atoms with van der Waals surface area (Å²) in [5.41, 5.74) is 22.9. The van der Waals surface area contributed by atoms with Crippen LogP contribution in [0.4, 0.5) is 11.6 Å². The number of unbranched alkanes of at least 4 members (excludes halogenated alkanes) is 1. The number of fused-ring (bicyclic) bond motifs is 1. The topological polar surface area (TPSA) is 227 Å². The van der Waals surface area contributed by atoms with E-state index in [1.54, 1.807) is 6.20 Å². The third-order valence-electron chi connectivity index (χ3n) is 8.13. The molecule has 0 radical (unpaired) electrons. The maximum atomic E-state index is 12.7. The highest BCUT2D eigenvalue weighted by atomic mass is 35.5. The van der Waals surface area contributed by atoms with Crippen LogP contribution in [0.1, 0.15) is 46.4 Å². The number of nitrogens with two attached hydrogens (primary N) is 3. The van der Waals surface area contributed by atoms with Gasteiger partial charge in [0.05, 0.1) is 0 Å². The fraction of sp³-hybridized carbons (Fsp3) is 0.222. The number of rotatable bonds is 14. The molecule has 10 N–H and O–H groups in total. The maximum absolute atomic E-state index is 12.7. The third-order valence-corrected chi connectivity index (χ3v) is 8.41. The van der Waals surface area contributed by atoms with E-state index in [0.29, 0.717) is 13.0 Å². The average molecular weight is 696 g/mol. The number of nitrogen functional groups attached to an aromatic ring is 2. The van der Waals surface area contributed by atoms with E-state index in [9.17, 15) is 19.5 Å². The van der Waals surface area contributed by atoms with Gasteiger partial charge in [0.25, 0.3) is 5.91 Å². The summed E-state index contributed by atoms with van der Waals surface area (Å²) >= 11 is 5.82. The number of guanidine groups is 1. The van der Waals surface area contributed by atoms with E-state index in [-0.39, 0.29) is 47.2 Å². The van der Waals surface area contributed by atoms with Crippen molar-refractivity contribution in [1.82, 2.24) is 25.6 Å². The van der Waals surface area contributed by atoms with Gasteiger partial charge in [0.2, 0.25) is 5.91 Å². The molecular weight excluding hydrogens is 658 g/mol. The quantitative estimate of drug-likeness (QED) is 0.0499. The minimum Gasteiger partial charge on any atom is -0.480 e. The number of hydrogen-bond donors (Lipinski definition) is 7. The van der Waals surface area contributed by atoms with Gasteiger partial charge >= 0.3 is 5.97 Å². The zero-order chi connectivity index (χ0) is 35.6. The Kier molecular flexibility index (Phi) is 11.6. The Labute approximate surface area is 293 Å². The number of aliphatic imine (C=N–C) groups is 1. The number of nitrogens with one attached hydrogen (secondary N) is 3. The monoisotopic (exact) mass is 695 g/mol. The molecule has 14 heteroatoms. The highest BCUT2D eigenvalue weighted by Gasteiger charge is 2.22. The van der Waals surface area contributed by atoms with E-state index in [1.165, 1.54) is 5.56 Å². The number of carboxylic acid groups (broad SMARTS) is 1. The lowest BCUT2D eigenvalue weighted by Gasteiger charge is -2.14. The Morgan fingerprint density at radius 2 is 1.54 bits per heavy atom. The van der Waals surface area contributed by atoms with Gasteiger partial charge < -0.3 is 32.6 Å². The number of amides is 2. The Hall–Kier alpha value is -5.95. The molecule has 2 aromatic heterocycles. The molecule has 0 saturated heterocycles. The molecular formula is C36H38ClN9O4. The van der Waals surface area contributed by atoms with Crippen LogP contribution < -0.4 is 27.8 Å². The van der Waals surface area contributed by atoms with Gasteiger partial charge in [-0.25, -0.2) is 14.8 Å². The van der Waals surface area contributed by atoms with Crippen molar-refractivity contribution in [2.75, 3.05) is 18.0 Å². The van der Waals surface area contributed by atoms with Crippen molar-refractivity contribution in [3.05, 3.63) is 107 Å². The number of nitrogens with zero attached hydrogens (tertiary/aromatic N) is 3. The molecule has 0 aliphatic heterocycles. The Balaban J connectivity index is 1.03. The fourth-order valence-corrected chi connectivity index (χ4v) is 5.56. The van der Waals surface area contributed by atoms with Crippen molar-refractivity contribution in [2.45, 2.75) is 44.6 Å². The first-order chi connectivity index (χ1) is 24.1. The van der Waals surface area contributed by atoms with Crippen molar-refractivity contribution >= 4 is 57.9 Å². The van der Waals surface area contributed by atoms with E-state index in [1.807, 2.05) is 48.5 Å². The summed E-state index contributed by atoms with van der Waals surface area (Å²) in [6.07, 6.45) is 5.14. The van der Waals surface area contributed by atoms with Crippen molar-refractivity contribution in [3.63, 3.8) is 0 Å². The van der Waals surface area contributed by atoms with Gasteiger partial charge in [-0.15, -0.1) is 0 Å². The number of H-pyrrole nitrogens is 1. The number of carboxylic acids is 1. The van der Waals surface area contributed by atoms with Gasteiger partial charge in [-0.2, -0.15) is 0 Å². The van der Waals surface area contributed by atoms with Crippen LogP contribution in [0.2, 0.25) is 5.15 Å². The zero-order valence-electron chi connectivity index (χ0n) is 27.2. The number of aryl methyl sites for hydroxylation is 2. The van der Waals surface area contributed by atoms with Crippen LogP contribution in [0.5, 0.6) is 0 Å². The molecule has 258 valence electrons. The van der Waals surface area contributed by atoms with Crippen LogP contribution in [-0.4, -0.2) is 56.4 Å². The molecule has 0 spiro atoms. The van der Waals surface area contributed by atoms with Gasteiger partial charge in [0, 0.05) is 36.5 Å². The first-order valence-corrected chi connectivity index (χ1v) is 16.4. The summed E-state index contributed by atoms with van der Waals surface area (Å²) in [5.74, 6) is -2.35. The number of aromatic amines is 1. The summed E-state index contributed by atoms with van der Waals surface area (Å²) in [4.78, 5) is 51.9. The molecule has 5 rings (SSSR count). The van der Waals surface area contributed by atoms with E-state index in [0.717, 1.165) is 52.4 Å². The standard InChI is InChI=1S/C36H38ClN9O4/c37-31-33(39)45-32(38)30(44-31)34(48)46-36(40)41-18-4-3-5-21-8-13-23(14-9-21)24-15-10-22(11-16-24)12-17-29(47)43-28(35(49)50)19-25-20-42-27-7-2-1-6-26(25)27/h1-2,6-11,13-16,20,28,42H,3-5,12,17-19H2,(H,43,47)(H,49,50)(H4,38,39,45)(H3,40,41,46,48)/t28-/m0/s1. The Bertz CT molecular complexity index is 2010. The number of para-hydroxylation sites is 1. The lowest BCUT2D eigenvalue weighted by molar-refractivity contribution is -0.141. The molecule has 13 nitrogen and oxygen atoms in total. The predicted molar refractivity (Wildman–Crippen MR) is 195 cm³/mol. The molecule has 0 aliphatic rings. The maximum Gasteiger partial charge on any atom is 0.326 e. The SMILES string of the molecule is NC(=NCCCCc1ccc(-c2ccc(CCC(=O)N[C@@H](Cc3c[nH]c4ccccc34)C(=O)O)cc2)cc1)NC(=O)c1nc(Cl)c(N)nc1N. The van der Waals surface area contributed by atoms with Crippen LogP contribution in [0, 0.1) is 0 Å². The molecule has 2 amide bonds. The average Bonchev–Trinajstić information content (AvgIpc) is 3.51. The third kappa shape index (κ3) is 9.35. The second kappa shape index (κ2) is 16.4. The predicted octanol–water partition coefficient (Wildman–Crippen LogP) is 4.25. The summed E-state index contributed by atoms with van der Waals surface area (Å²) in [7, 11) is 0. The number of anilines is 2. The number of aliphatic carboxylic acids is 1. The fourth-order valence-electron chi connectivity index (χ4n) is 5.44. The number of halogens is 1. The van der Waals surface area contributed by atoms with E-state index in [4.69, 9.17) is 28.8 Å². The molecule has 0 aliphatic carbocycles. The summed E-state index contributed by atoms with van der Waals surface area (Å²) in [6, 6.07) is 23.0. The summed E-state index contributed by atoms with van der Waals surface area (Å²) in [6.45, 7) is 0.424. The van der Waals surface area contributed by atoms with Crippen molar-refractivity contribution in [3.8, 4) is 11.1 Å². The molecule has 0 fully saturated rings. The number of aromatic nitrogens is 3. The number of carbonyl (C=O) groups excluding carboxylic acids is 2. The van der Waals surface area contributed by atoms with E-state index < -0.39 is 17.9 Å². The molecule has 0 saturated carbocycles. The van der Waals surface area contributed by atoms with E-state index >= 15 is 0 Å². The molecule has 1 atom stereocenters. The van der Waals surface area contributed by atoms with Crippen LogP contribution >= 0.6 is 11.6 Å². The minimum absolute atomic E-state index is 0.0630. The number of hydrogen-bond acceptors (Lipinski definition) is 8. The van der Waals surface area contributed by atoms with Crippen LogP contribution in [-0.2, 0) is 28.9 Å². The number of carbonyl (C=O) groups is 3. The second-order valence-corrected chi connectivity index (χ2v) is 12.1. The lowest BCUT2D eigenvalue weighted by Crippen LogP contribution is -2.42. The Morgan fingerprint density at radius 1 is 0.880 bits per heavy atom. The van der Waals surface area contributed by atoms with Crippen molar-refractivity contribution < 1.29 is 19.5 Å². The zero-order valence-corrected chi connectivity index (χ0v) is 27.9. The first kappa shape index (κ1) is 35.4. The Morgan fingerprint density at radius 3 is 2.22 bits per heavy atom. The first-order valence-electron chi connectivity index (χ1n) is 16.0. The molecule has 3 aromatic carbocycles. The minimum atomic E-state index is -1.07. The smallest absolute Gasteiger partial charge is 0.326 e. The molecule has 5 aromatic rings. The highest BCUT2D eigenvalue weighted by Crippen LogP contribution is 2.22. The second-order valence-electron chi connectivity index (χ2n) is 11.7. The summed E-state index contributed by atoms with van der Waals surface area (Å²) in [5, 5.41) is 15.6. The lowest BCUT2D eigenvalue weighted by atomic mass is 9.99. The van der Waals surface area contributed by atoms with Crippen LogP contribution in [0.15, 0.2) is 84.0 Å². The van der Waals surface area contributed by atoms with Crippen molar-refractivity contribution in [2.24, 2.45) is 10.7 Å². The van der Waals surface area contributed by atoms with Gasteiger partial charge in [-0.1, -0.05) is 78.3 Å². The van der Waals surface area contributed by atoms with Crippen LogP contribution in [0.3, 0.4) is 0 Å². The van der Waals surface area contributed by atoms with Gasteiger partial charge in [0.15, 0.2) is 28.4 Å². The molecule has 50 heavy (non-hydrogen) atoms.